The van der Waals surface area contributed by atoms with Crippen LogP contribution in [-0.2, 0) is 28.4 Å². The van der Waals surface area contributed by atoms with Crippen LogP contribution in [0.4, 0.5) is 0 Å². The van der Waals surface area contributed by atoms with Crippen molar-refractivity contribution in [3.63, 3.8) is 0 Å². The molecule has 0 amide bonds. The van der Waals surface area contributed by atoms with E-state index in [4.69, 9.17) is 28.4 Å². The van der Waals surface area contributed by atoms with Crippen molar-refractivity contribution >= 4 is 0 Å². The van der Waals surface area contributed by atoms with Gasteiger partial charge in [0.2, 0.25) is 0 Å². The first kappa shape index (κ1) is 33.6. The first-order chi connectivity index (χ1) is 21.5. The second-order valence-electron chi connectivity index (χ2n) is 15.8. The summed E-state index contributed by atoms with van der Waals surface area (Å²) in [6.45, 7) is 9.19. The molecule has 44 heavy (non-hydrogen) atoms. The number of aliphatic hydroxyl groups is 1. The molecule has 4 atom stereocenters. The molecule has 0 bridgehead atoms. The van der Waals surface area contributed by atoms with Gasteiger partial charge in [-0.1, -0.05) is 13.8 Å². The van der Waals surface area contributed by atoms with Crippen LogP contribution in [0.15, 0.2) is 0 Å². The van der Waals surface area contributed by atoms with Gasteiger partial charge in [0.1, 0.15) is 18.3 Å². The van der Waals surface area contributed by atoms with Crippen LogP contribution in [0.3, 0.4) is 0 Å². The van der Waals surface area contributed by atoms with Crippen molar-refractivity contribution in [3.05, 3.63) is 0 Å². The summed E-state index contributed by atoms with van der Waals surface area (Å²) in [6, 6.07) is 0. The summed E-state index contributed by atoms with van der Waals surface area (Å²) in [4.78, 5) is 0. The standard InChI is InChI=1S/C37H64O7/c1-25(29-7-15-34(16-8-29)41-21-36-23-43-36)27-3-11-32(12-4-27)39-19-31(38)20-40-33-13-5-28(6-14-33)26(2)30-9-17-35(18-10-30)42-22-37-24-44-37/h25-38H,3-24H2,1-2H3. The average Bonchev–Trinajstić information content (AvgIpc) is 4.01. The molecule has 7 nitrogen and oxygen atoms in total. The van der Waals surface area contributed by atoms with Crippen LogP contribution >= 0.6 is 0 Å². The van der Waals surface area contributed by atoms with Gasteiger partial charge in [-0.15, -0.1) is 0 Å². The normalized spacial score (nSPS) is 41.5. The van der Waals surface area contributed by atoms with Crippen molar-refractivity contribution < 1.29 is 33.5 Å². The van der Waals surface area contributed by atoms with Gasteiger partial charge in [0.05, 0.1) is 64.1 Å². The molecule has 2 saturated heterocycles. The summed E-state index contributed by atoms with van der Waals surface area (Å²) in [5.74, 6) is 4.92. The molecule has 2 aliphatic heterocycles. The summed E-state index contributed by atoms with van der Waals surface area (Å²) >= 11 is 0. The van der Waals surface area contributed by atoms with Crippen molar-refractivity contribution in [1.82, 2.24) is 0 Å². The maximum Gasteiger partial charge on any atom is 0.104 e. The second kappa shape index (κ2) is 16.7. The number of ether oxygens (including phenoxy) is 6. The Morgan fingerprint density at radius 3 is 1.02 bits per heavy atom. The van der Waals surface area contributed by atoms with Crippen molar-refractivity contribution in [2.45, 2.75) is 159 Å². The van der Waals surface area contributed by atoms with Crippen molar-refractivity contribution in [1.29, 1.82) is 0 Å². The van der Waals surface area contributed by atoms with Gasteiger partial charge in [-0.05, 0) is 138 Å². The Hall–Kier alpha value is -0.280. The fourth-order valence-corrected chi connectivity index (χ4v) is 9.25. The number of hydrogen-bond acceptors (Lipinski definition) is 7. The number of hydrogen-bond donors (Lipinski definition) is 1. The lowest BCUT2D eigenvalue weighted by Gasteiger charge is -2.39. The van der Waals surface area contributed by atoms with E-state index >= 15 is 0 Å². The fourth-order valence-electron chi connectivity index (χ4n) is 9.25. The van der Waals surface area contributed by atoms with Crippen LogP contribution < -0.4 is 0 Å². The Labute approximate surface area is 267 Å². The third-order valence-electron chi connectivity index (χ3n) is 12.7. The largest absolute Gasteiger partial charge is 0.388 e. The lowest BCUT2D eigenvalue weighted by Crippen LogP contribution is -2.34. The molecule has 0 aromatic carbocycles. The summed E-state index contributed by atoms with van der Waals surface area (Å²) in [5.41, 5.74) is 0. The van der Waals surface area contributed by atoms with Crippen LogP contribution in [0.2, 0.25) is 0 Å². The molecule has 0 spiro atoms. The van der Waals surface area contributed by atoms with Crippen LogP contribution in [-0.4, -0.2) is 87.5 Å². The zero-order chi connectivity index (χ0) is 30.3. The summed E-state index contributed by atoms with van der Waals surface area (Å²) < 4.78 is 35.1. The van der Waals surface area contributed by atoms with E-state index in [2.05, 4.69) is 13.8 Å². The van der Waals surface area contributed by atoms with E-state index in [1.165, 1.54) is 77.0 Å². The van der Waals surface area contributed by atoms with E-state index in [9.17, 15) is 5.11 Å². The molecule has 254 valence electrons. The Balaban J connectivity index is 0.783. The molecule has 7 heteroatoms. The van der Waals surface area contributed by atoms with Crippen molar-refractivity contribution in [2.75, 3.05) is 39.6 Å². The molecule has 1 N–H and O–H groups in total. The van der Waals surface area contributed by atoms with E-state index in [-0.39, 0.29) is 0 Å². The SMILES string of the molecule is CC(C1CCC(OCC(O)COC2CCC(C(C)C3CCC(OCC4CO4)CC3)CC2)CC1)C1CCC(OCC2CO2)CC1. The zero-order valence-corrected chi connectivity index (χ0v) is 28.0. The predicted molar refractivity (Wildman–Crippen MR) is 171 cm³/mol. The van der Waals surface area contributed by atoms with E-state index in [0.29, 0.717) is 49.8 Å². The minimum absolute atomic E-state index is 0.299. The van der Waals surface area contributed by atoms with Crippen molar-refractivity contribution in [2.24, 2.45) is 35.5 Å². The van der Waals surface area contributed by atoms with Gasteiger partial charge in [-0.25, -0.2) is 0 Å². The summed E-state index contributed by atoms with van der Waals surface area (Å²) in [7, 11) is 0. The predicted octanol–water partition coefficient (Wildman–Crippen LogP) is 6.72. The molecule has 6 fully saturated rings. The highest BCUT2D eigenvalue weighted by molar-refractivity contribution is 4.86. The summed E-state index contributed by atoms with van der Waals surface area (Å²) in [5, 5.41) is 10.6. The second-order valence-corrected chi connectivity index (χ2v) is 15.8. The number of epoxide rings is 2. The third-order valence-corrected chi connectivity index (χ3v) is 12.7. The van der Waals surface area contributed by atoms with Gasteiger partial charge < -0.3 is 33.5 Å². The average molecular weight is 621 g/mol. The number of aliphatic hydroxyl groups excluding tert-OH is 1. The van der Waals surface area contributed by atoms with Gasteiger partial charge in [0, 0.05) is 0 Å². The maximum absolute atomic E-state index is 10.6. The highest BCUT2D eigenvalue weighted by Gasteiger charge is 2.35. The Morgan fingerprint density at radius 1 is 0.477 bits per heavy atom. The zero-order valence-electron chi connectivity index (χ0n) is 28.0. The van der Waals surface area contributed by atoms with E-state index < -0.39 is 6.10 Å². The third kappa shape index (κ3) is 10.4. The molecule has 2 heterocycles. The maximum atomic E-state index is 10.6. The highest BCUT2D eigenvalue weighted by atomic mass is 16.6. The molecule has 4 saturated carbocycles. The molecule has 6 rings (SSSR count). The smallest absolute Gasteiger partial charge is 0.104 e. The molecule has 0 aromatic heterocycles. The van der Waals surface area contributed by atoms with Gasteiger partial charge in [-0.3, -0.25) is 0 Å². The lowest BCUT2D eigenvalue weighted by atomic mass is 9.70. The van der Waals surface area contributed by atoms with Crippen LogP contribution in [0.5, 0.6) is 0 Å². The van der Waals surface area contributed by atoms with Crippen LogP contribution in [0, 0.1) is 35.5 Å². The summed E-state index contributed by atoms with van der Waals surface area (Å²) in [6.07, 6.45) is 21.5. The molecule has 4 aliphatic carbocycles. The van der Waals surface area contributed by atoms with Gasteiger partial charge in [0.15, 0.2) is 0 Å². The Morgan fingerprint density at radius 2 is 0.750 bits per heavy atom. The highest BCUT2D eigenvalue weighted by Crippen LogP contribution is 2.42. The monoisotopic (exact) mass is 620 g/mol. The number of rotatable bonds is 16. The van der Waals surface area contributed by atoms with Gasteiger partial charge in [-0.2, -0.15) is 0 Å². The Kier molecular flexibility index (Phi) is 12.8. The molecular formula is C37H64O7. The van der Waals surface area contributed by atoms with Crippen LogP contribution in [0.1, 0.15) is 117 Å². The minimum Gasteiger partial charge on any atom is -0.388 e. The molecule has 4 unspecified atom stereocenters. The van der Waals surface area contributed by atoms with E-state index in [0.717, 1.165) is 87.6 Å². The van der Waals surface area contributed by atoms with E-state index in [1.807, 2.05) is 0 Å². The van der Waals surface area contributed by atoms with Gasteiger partial charge in [0.25, 0.3) is 0 Å². The van der Waals surface area contributed by atoms with Crippen molar-refractivity contribution in [3.8, 4) is 0 Å². The first-order valence-corrected chi connectivity index (χ1v) is 18.9. The quantitative estimate of drug-likeness (QED) is 0.192. The Bertz CT molecular complexity index is 735. The van der Waals surface area contributed by atoms with E-state index in [1.54, 1.807) is 0 Å². The first-order valence-electron chi connectivity index (χ1n) is 18.9. The molecule has 0 aromatic rings. The lowest BCUT2D eigenvalue weighted by molar-refractivity contribution is -0.0812. The van der Waals surface area contributed by atoms with Crippen LogP contribution in [0.25, 0.3) is 0 Å². The molecular weight excluding hydrogens is 556 g/mol. The minimum atomic E-state index is -0.518. The fraction of sp³-hybridized carbons (Fsp3) is 1.00. The van der Waals surface area contributed by atoms with Gasteiger partial charge >= 0.3 is 0 Å². The molecule has 6 aliphatic rings. The topological polar surface area (TPSA) is 82.2 Å². The molecule has 0 radical (unpaired) electrons.